The lowest BCUT2D eigenvalue weighted by Crippen LogP contribution is -2.56. The molecule has 10 nitrogen and oxygen atoms in total. The number of alkyl halides is 3. The largest absolute Gasteiger partial charge is 0.575 e. The van der Waals surface area contributed by atoms with Crippen molar-refractivity contribution < 1.29 is 32.6 Å². The van der Waals surface area contributed by atoms with E-state index in [1.807, 2.05) is 12.1 Å². The number of β-amino-alcohol motifs (C(OH)–C–C–N with tert-alkyl or cyclic N) is 1. The maximum absolute atomic E-state index is 13.4. The number of anilines is 1. The van der Waals surface area contributed by atoms with Crippen LogP contribution in [-0.2, 0) is 17.8 Å². The van der Waals surface area contributed by atoms with Crippen LogP contribution in [0.1, 0.15) is 47.8 Å². The summed E-state index contributed by atoms with van der Waals surface area (Å²) in [6.07, 6.45) is -3.31. The zero-order chi connectivity index (χ0) is 28.4. The molecule has 40 heavy (non-hydrogen) atoms. The highest BCUT2D eigenvalue weighted by Crippen LogP contribution is 2.27. The highest BCUT2D eigenvalue weighted by atomic mass is 19.4. The summed E-state index contributed by atoms with van der Waals surface area (Å²) in [4.78, 5) is 37.9. The number of hydrogen-bond acceptors (Lipinski definition) is 8. The highest BCUT2D eigenvalue weighted by Gasteiger charge is 2.37. The van der Waals surface area contributed by atoms with Gasteiger partial charge in [-0.1, -0.05) is 24.3 Å². The Morgan fingerprint density at radius 2 is 1.73 bits per heavy atom. The van der Waals surface area contributed by atoms with Gasteiger partial charge in [-0.3, -0.25) is 14.5 Å². The topological polar surface area (TPSA) is 111 Å². The number of halogens is 3. The molecular weight excluding hydrogens is 529 g/mol. The standard InChI is InChI=1S/C27H33F3N6O4/c1-17(37)34-11-7-20(8-12-34)31-24-14-21(32-26(33-24)40-27(28,29)30)25(39)36-13-9-22(23(38)16-36)35-10-6-18-4-2-3-5-19(18)15-35/h2-5,14,20,22-23,38H,6-13,15-16H2,1H3,(H,31,32,33)/t22-,23-/m1/s1. The van der Waals surface area contributed by atoms with Crippen LogP contribution < -0.4 is 10.1 Å². The Kier molecular flexibility index (Phi) is 8.13. The molecule has 3 aliphatic heterocycles. The molecule has 2 amide bonds. The van der Waals surface area contributed by atoms with E-state index in [1.165, 1.54) is 29.0 Å². The molecule has 1 aromatic heterocycles. The summed E-state index contributed by atoms with van der Waals surface area (Å²) in [5.74, 6) is -0.614. The average molecular weight is 563 g/mol. The van der Waals surface area contributed by atoms with Gasteiger partial charge in [0.05, 0.1) is 6.10 Å². The van der Waals surface area contributed by atoms with Crippen molar-refractivity contribution in [1.29, 1.82) is 0 Å². The highest BCUT2D eigenvalue weighted by molar-refractivity contribution is 5.93. The minimum Gasteiger partial charge on any atom is -0.390 e. The minimum absolute atomic E-state index is 0.0290. The molecule has 2 saturated heterocycles. The number of likely N-dealkylation sites (tertiary alicyclic amines) is 2. The van der Waals surface area contributed by atoms with Crippen molar-refractivity contribution in [2.45, 2.75) is 63.7 Å². The quantitative estimate of drug-likeness (QED) is 0.572. The number of nitrogens with zero attached hydrogens (tertiary/aromatic N) is 5. The second-order valence-corrected chi connectivity index (χ2v) is 10.6. The normalized spacial score (nSPS) is 22.5. The van der Waals surface area contributed by atoms with Gasteiger partial charge in [-0.25, -0.2) is 0 Å². The molecular formula is C27H33F3N6O4. The lowest BCUT2D eigenvalue weighted by Gasteiger charge is -2.43. The van der Waals surface area contributed by atoms with Gasteiger partial charge in [-0.2, -0.15) is 9.97 Å². The molecule has 0 bridgehead atoms. The van der Waals surface area contributed by atoms with E-state index >= 15 is 0 Å². The smallest absolute Gasteiger partial charge is 0.390 e. The van der Waals surface area contributed by atoms with Crippen LogP contribution in [0.4, 0.5) is 19.0 Å². The van der Waals surface area contributed by atoms with Gasteiger partial charge in [0.15, 0.2) is 0 Å². The maximum atomic E-state index is 13.4. The van der Waals surface area contributed by atoms with Crippen molar-refractivity contribution in [1.82, 2.24) is 24.7 Å². The van der Waals surface area contributed by atoms with Crippen LogP contribution in [0, 0.1) is 0 Å². The van der Waals surface area contributed by atoms with Gasteiger partial charge in [-0.05, 0) is 36.8 Å². The Labute approximate surface area is 230 Å². The van der Waals surface area contributed by atoms with E-state index in [2.05, 4.69) is 37.1 Å². The van der Waals surface area contributed by atoms with Crippen LogP contribution in [0.25, 0.3) is 0 Å². The molecule has 5 rings (SSSR count). The first kappa shape index (κ1) is 28.1. The van der Waals surface area contributed by atoms with E-state index in [9.17, 15) is 27.9 Å². The lowest BCUT2D eigenvalue weighted by molar-refractivity contribution is -0.277. The zero-order valence-electron chi connectivity index (χ0n) is 22.2. The van der Waals surface area contributed by atoms with Crippen LogP contribution in [0.3, 0.4) is 0 Å². The van der Waals surface area contributed by atoms with E-state index in [1.54, 1.807) is 4.90 Å². The Morgan fingerprint density at radius 1 is 1.02 bits per heavy atom. The number of aliphatic hydroxyl groups is 1. The number of hydrogen-bond donors (Lipinski definition) is 2. The first-order valence-electron chi connectivity index (χ1n) is 13.5. The van der Waals surface area contributed by atoms with Gasteiger partial charge in [-0.15, -0.1) is 13.2 Å². The fourth-order valence-electron chi connectivity index (χ4n) is 5.80. The molecule has 2 N–H and O–H groups in total. The average Bonchev–Trinajstić information content (AvgIpc) is 2.91. The van der Waals surface area contributed by atoms with Crippen molar-refractivity contribution >= 4 is 17.6 Å². The van der Waals surface area contributed by atoms with Gasteiger partial charge in [0.1, 0.15) is 11.5 Å². The number of rotatable bonds is 5. The minimum atomic E-state index is -5.03. The molecule has 2 aromatic rings. The van der Waals surface area contributed by atoms with Crippen LogP contribution in [0.2, 0.25) is 0 Å². The molecule has 0 aliphatic carbocycles. The SMILES string of the molecule is CC(=O)N1CCC(Nc2cc(C(=O)N3CC[C@@H](N4CCc5ccccc5C4)[C@H](O)C3)nc(OC(F)(F)F)n2)CC1. The monoisotopic (exact) mass is 562 g/mol. The van der Waals surface area contributed by atoms with Gasteiger partial charge in [0.25, 0.3) is 5.91 Å². The summed E-state index contributed by atoms with van der Waals surface area (Å²) < 4.78 is 43.0. The fraction of sp³-hybridized carbons (Fsp3) is 0.556. The van der Waals surface area contributed by atoms with E-state index in [-0.39, 0.29) is 36.0 Å². The summed E-state index contributed by atoms with van der Waals surface area (Å²) in [7, 11) is 0. The second kappa shape index (κ2) is 11.6. The molecule has 0 radical (unpaired) electrons. The van der Waals surface area contributed by atoms with E-state index in [0.717, 1.165) is 19.5 Å². The third-order valence-corrected chi connectivity index (χ3v) is 7.89. The molecule has 2 atom stereocenters. The predicted octanol–water partition coefficient (Wildman–Crippen LogP) is 2.43. The number of aromatic nitrogens is 2. The summed E-state index contributed by atoms with van der Waals surface area (Å²) in [5, 5.41) is 14.1. The molecule has 0 unspecified atom stereocenters. The van der Waals surface area contributed by atoms with Gasteiger partial charge in [0.2, 0.25) is 5.91 Å². The first-order chi connectivity index (χ1) is 19.1. The molecule has 1 aromatic carbocycles. The number of aliphatic hydroxyl groups excluding tert-OH is 1. The van der Waals surface area contributed by atoms with Crippen LogP contribution >= 0.6 is 0 Å². The van der Waals surface area contributed by atoms with E-state index in [4.69, 9.17) is 0 Å². The van der Waals surface area contributed by atoms with Crippen LogP contribution in [-0.4, -0.2) is 98.9 Å². The molecule has 2 fully saturated rings. The number of carbonyl (C=O) groups is 2. The molecule has 216 valence electrons. The van der Waals surface area contributed by atoms with Crippen LogP contribution in [0.5, 0.6) is 6.01 Å². The predicted molar refractivity (Wildman–Crippen MR) is 138 cm³/mol. The third kappa shape index (κ3) is 6.64. The fourth-order valence-corrected chi connectivity index (χ4v) is 5.80. The van der Waals surface area contributed by atoms with Crippen molar-refractivity contribution in [2.75, 3.05) is 38.0 Å². The number of ether oxygens (including phenoxy) is 1. The lowest BCUT2D eigenvalue weighted by atomic mass is 9.94. The summed E-state index contributed by atoms with van der Waals surface area (Å²) in [6, 6.07) is 8.25. The van der Waals surface area contributed by atoms with Gasteiger partial charge < -0.3 is 25.0 Å². The van der Waals surface area contributed by atoms with Crippen molar-refractivity contribution in [3.8, 4) is 6.01 Å². The van der Waals surface area contributed by atoms with E-state index in [0.29, 0.717) is 38.9 Å². The van der Waals surface area contributed by atoms with Crippen LogP contribution in [0.15, 0.2) is 30.3 Å². The van der Waals surface area contributed by atoms with Gasteiger partial charge in [0, 0.05) is 64.3 Å². The van der Waals surface area contributed by atoms with Crippen molar-refractivity contribution in [3.63, 3.8) is 0 Å². The Morgan fingerprint density at radius 3 is 2.40 bits per heavy atom. The molecule has 4 heterocycles. The number of amides is 2. The molecule has 3 aliphatic rings. The van der Waals surface area contributed by atoms with E-state index < -0.39 is 24.4 Å². The number of nitrogens with one attached hydrogen (secondary N) is 1. The second-order valence-electron chi connectivity index (χ2n) is 10.6. The maximum Gasteiger partial charge on any atom is 0.575 e. The summed E-state index contributed by atoms with van der Waals surface area (Å²) >= 11 is 0. The Bertz CT molecular complexity index is 1240. The van der Waals surface area contributed by atoms with Crippen molar-refractivity contribution in [3.05, 3.63) is 47.2 Å². The molecule has 0 saturated carbocycles. The summed E-state index contributed by atoms with van der Waals surface area (Å²) in [5.41, 5.74) is 2.27. The number of piperidine rings is 2. The number of benzene rings is 1. The van der Waals surface area contributed by atoms with Gasteiger partial charge >= 0.3 is 12.4 Å². The Balaban J connectivity index is 1.27. The first-order valence-corrected chi connectivity index (χ1v) is 13.5. The summed E-state index contributed by atoms with van der Waals surface area (Å²) in [6.45, 7) is 4.38. The number of fused-ring (bicyclic) bond motifs is 1. The van der Waals surface area contributed by atoms with Crippen molar-refractivity contribution in [2.24, 2.45) is 0 Å². The molecule has 13 heteroatoms. The zero-order valence-corrected chi connectivity index (χ0v) is 22.2. The molecule has 0 spiro atoms. The number of carbonyl (C=O) groups excluding carboxylic acids is 2. The third-order valence-electron chi connectivity index (χ3n) is 7.89. The Hall–Kier alpha value is -3.45.